The summed E-state index contributed by atoms with van der Waals surface area (Å²) < 4.78 is 0. The first-order valence-corrected chi connectivity index (χ1v) is 5.11. The average molecular weight is 258 g/mol. The molecule has 0 aliphatic rings. The Morgan fingerprint density at radius 3 is 1.06 bits per heavy atom. The van der Waals surface area contributed by atoms with Crippen molar-refractivity contribution in [1.29, 1.82) is 0 Å². The molecule has 0 spiro atoms. The van der Waals surface area contributed by atoms with Gasteiger partial charge in [0.15, 0.2) is 6.29 Å². The summed E-state index contributed by atoms with van der Waals surface area (Å²) in [5.41, 5.74) is 0. The fourth-order valence-corrected chi connectivity index (χ4v) is 0.671. The van der Waals surface area contributed by atoms with E-state index in [1.165, 1.54) is 0 Å². The van der Waals surface area contributed by atoms with Gasteiger partial charge in [0.25, 0.3) is 0 Å². The lowest BCUT2D eigenvalue weighted by Crippen LogP contribution is -2.46. The van der Waals surface area contributed by atoms with Gasteiger partial charge in [-0.15, -0.1) is 0 Å². The van der Waals surface area contributed by atoms with Crippen LogP contribution in [0.1, 0.15) is 13.3 Å². The molecule has 4 atom stereocenters. The Labute approximate surface area is 99.0 Å². The van der Waals surface area contributed by atoms with E-state index in [0.717, 1.165) is 0 Å². The number of hydrogen-bond acceptors (Lipinski definition) is 8. The maximum atomic E-state index is 8.96. The van der Waals surface area contributed by atoms with Crippen molar-refractivity contribution in [2.75, 3.05) is 13.2 Å². The predicted molar refractivity (Wildman–Crippen MR) is 56.7 cm³/mol. The highest BCUT2D eigenvalue weighted by Crippen LogP contribution is 2.03. The number of hydrogen-bond donors (Lipinski definition) is 8. The highest BCUT2D eigenvalue weighted by atomic mass is 16.5. The molecular formula is C9H22O8. The van der Waals surface area contributed by atoms with Crippen molar-refractivity contribution >= 4 is 0 Å². The molecule has 8 heteroatoms. The Morgan fingerprint density at radius 1 is 0.706 bits per heavy atom. The number of aliphatic hydroxyl groups excluding tert-OH is 7. The van der Waals surface area contributed by atoms with Crippen molar-refractivity contribution < 1.29 is 40.9 Å². The van der Waals surface area contributed by atoms with Gasteiger partial charge in [0.05, 0.1) is 13.2 Å². The normalized spacial score (nSPS) is 18.0. The molecule has 0 unspecified atom stereocenters. The van der Waals surface area contributed by atoms with Gasteiger partial charge >= 0.3 is 0 Å². The van der Waals surface area contributed by atoms with Gasteiger partial charge in [-0.3, -0.25) is 0 Å². The van der Waals surface area contributed by atoms with Gasteiger partial charge in [-0.2, -0.15) is 0 Å². The lowest BCUT2D eigenvalue weighted by atomic mass is 10.0. The minimum atomic E-state index is -1.67. The van der Waals surface area contributed by atoms with Crippen LogP contribution in [0, 0.1) is 0 Å². The summed E-state index contributed by atoms with van der Waals surface area (Å²) in [4.78, 5) is 0. The third-order valence-electron chi connectivity index (χ3n) is 1.88. The molecular weight excluding hydrogens is 236 g/mol. The van der Waals surface area contributed by atoms with E-state index < -0.39 is 43.9 Å². The Balaban J connectivity index is 0. The fourth-order valence-electron chi connectivity index (χ4n) is 0.671. The summed E-state index contributed by atoms with van der Waals surface area (Å²) in [6, 6.07) is 0. The molecule has 0 aromatic heterocycles. The molecule has 0 saturated heterocycles. The van der Waals surface area contributed by atoms with Gasteiger partial charge in [0.1, 0.15) is 24.4 Å². The van der Waals surface area contributed by atoms with E-state index in [-0.39, 0.29) is 0 Å². The molecule has 0 saturated carbocycles. The molecule has 0 aromatic carbocycles. The molecule has 0 heterocycles. The summed E-state index contributed by atoms with van der Waals surface area (Å²) in [7, 11) is 0. The standard InChI is InChI=1S/C6H14O6.C3H8O2/c7-1-3(9)5(11)6(12)4(10)2-8;1-2-3(4)5/h3-12H,1-2H2;3-5H,2H2,1H3/t3-,4+,5-,6-;/m1./s1. The van der Waals surface area contributed by atoms with Gasteiger partial charge < -0.3 is 40.9 Å². The van der Waals surface area contributed by atoms with Crippen LogP contribution in [0.4, 0.5) is 0 Å². The van der Waals surface area contributed by atoms with E-state index in [4.69, 9.17) is 40.9 Å². The SMILES string of the molecule is CCC(O)O.OC[C@@H](O)[C@@H](O)[C@H](O)[C@@H](O)CO. The Morgan fingerprint density at radius 2 is 0.941 bits per heavy atom. The van der Waals surface area contributed by atoms with Gasteiger partial charge in [-0.1, -0.05) is 6.92 Å². The molecule has 0 aromatic rings. The van der Waals surface area contributed by atoms with Gasteiger partial charge in [0.2, 0.25) is 0 Å². The molecule has 0 aliphatic heterocycles. The molecule has 106 valence electrons. The highest BCUT2D eigenvalue weighted by Gasteiger charge is 2.29. The molecule has 0 fully saturated rings. The van der Waals surface area contributed by atoms with Crippen molar-refractivity contribution in [1.82, 2.24) is 0 Å². The minimum Gasteiger partial charge on any atom is -0.394 e. The minimum absolute atomic E-state index is 0.417. The number of aliphatic hydroxyl groups is 8. The van der Waals surface area contributed by atoms with E-state index in [1.807, 2.05) is 0 Å². The first kappa shape index (κ1) is 19.0. The summed E-state index contributed by atoms with van der Waals surface area (Å²) in [5, 5.41) is 68.0. The molecule has 0 rings (SSSR count). The van der Waals surface area contributed by atoms with E-state index in [9.17, 15) is 0 Å². The Bertz CT molecular complexity index is 151. The van der Waals surface area contributed by atoms with Crippen molar-refractivity contribution in [3.8, 4) is 0 Å². The summed E-state index contributed by atoms with van der Waals surface area (Å²) in [6.07, 6.45) is -7.09. The zero-order chi connectivity index (χ0) is 14.0. The zero-order valence-electron chi connectivity index (χ0n) is 9.59. The van der Waals surface area contributed by atoms with Crippen molar-refractivity contribution in [2.24, 2.45) is 0 Å². The second-order valence-corrected chi connectivity index (χ2v) is 3.37. The highest BCUT2D eigenvalue weighted by molar-refractivity contribution is 4.79. The molecule has 0 amide bonds. The Hall–Kier alpha value is -0.320. The van der Waals surface area contributed by atoms with Gasteiger partial charge in [-0.05, 0) is 6.42 Å². The molecule has 8 N–H and O–H groups in total. The second kappa shape index (κ2) is 10.8. The largest absolute Gasteiger partial charge is 0.394 e. The maximum absolute atomic E-state index is 8.96. The van der Waals surface area contributed by atoms with E-state index >= 15 is 0 Å². The van der Waals surface area contributed by atoms with Crippen LogP contribution >= 0.6 is 0 Å². The third kappa shape index (κ3) is 9.39. The van der Waals surface area contributed by atoms with E-state index in [2.05, 4.69) is 0 Å². The smallest absolute Gasteiger partial charge is 0.151 e. The summed E-state index contributed by atoms with van der Waals surface area (Å²) >= 11 is 0. The van der Waals surface area contributed by atoms with Crippen LogP contribution in [0.2, 0.25) is 0 Å². The van der Waals surface area contributed by atoms with Crippen LogP contribution in [0.5, 0.6) is 0 Å². The average Bonchev–Trinajstić information content (AvgIpc) is 2.35. The maximum Gasteiger partial charge on any atom is 0.151 e. The summed E-state index contributed by atoms with van der Waals surface area (Å²) in [5.74, 6) is 0. The van der Waals surface area contributed by atoms with Crippen molar-refractivity contribution in [3.05, 3.63) is 0 Å². The topological polar surface area (TPSA) is 162 Å². The predicted octanol–water partition coefficient (Wildman–Crippen LogP) is -3.88. The van der Waals surface area contributed by atoms with Gasteiger partial charge in [-0.25, -0.2) is 0 Å². The van der Waals surface area contributed by atoms with Crippen LogP contribution in [-0.2, 0) is 0 Å². The lowest BCUT2D eigenvalue weighted by Gasteiger charge is -2.24. The third-order valence-corrected chi connectivity index (χ3v) is 1.88. The molecule has 0 aliphatic carbocycles. The number of rotatable bonds is 6. The van der Waals surface area contributed by atoms with Crippen molar-refractivity contribution in [2.45, 2.75) is 44.1 Å². The second-order valence-electron chi connectivity index (χ2n) is 3.37. The molecule has 0 radical (unpaired) electrons. The van der Waals surface area contributed by atoms with Crippen LogP contribution in [0.3, 0.4) is 0 Å². The van der Waals surface area contributed by atoms with E-state index in [1.54, 1.807) is 6.92 Å². The molecule has 17 heavy (non-hydrogen) atoms. The molecule has 8 nitrogen and oxygen atoms in total. The van der Waals surface area contributed by atoms with Crippen LogP contribution in [0.25, 0.3) is 0 Å². The van der Waals surface area contributed by atoms with Crippen molar-refractivity contribution in [3.63, 3.8) is 0 Å². The Kier molecular flexibility index (Phi) is 12.1. The van der Waals surface area contributed by atoms with Gasteiger partial charge in [0, 0.05) is 0 Å². The summed E-state index contributed by atoms with van der Waals surface area (Å²) in [6.45, 7) is 0.247. The monoisotopic (exact) mass is 258 g/mol. The lowest BCUT2D eigenvalue weighted by molar-refractivity contribution is -0.123. The fraction of sp³-hybridized carbons (Fsp3) is 1.00. The van der Waals surface area contributed by atoms with Crippen LogP contribution in [0.15, 0.2) is 0 Å². The quantitative estimate of drug-likeness (QED) is 0.224. The first-order chi connectivity index (χ1) is 7.81. The molecule has 0 bridgehead atoms. The first-order valence-electron chi connectivity index (χ1n) is 5.11. The zero-order valence-corrected chi connectivity index (χ0v) is 9.59. The van der Waals surface area contributed by atoms with Crippen LogP contribution < -0.4 is 0 Å². The van der Waals surface area contributed by atoms with E-state index in [0.29, 0.717) is 6.42 Å². The van der Waals surface area contributed by atoms with Crippen LogP contribution in [-0.4, -0.2) is 84.8 Å².